The molecule has 2 amide bonds. The fourth-order valence-corrected chi connectivity index (χ4v) is 6.22. The lowest BCUT2D eigenvalue weighted by atomic mass is 9.70. The number of hydrogen-bond donors (Lipinski definition) is 3. The standard InChI is InChI=1S/C31H30N4O4/c32-18-21-17-23(33-29(36)20-13-16-39-19-20)9-10-28(21)35-14-11-22(12-15-35)31(38)25-6-2-1-5-24(25)30(37)34-27-8-4-3-7-26(27)31/h1-10,17,20,22,38H,11-16,19H2,(H,33,36)(H,34,37). The van der Waals surface area contributed by atoms with E-state index in [0.717, 1.165) is 5.69 Å². The van der Waals surface area contributed by atoms with Gasteiger partial charge in [0.15, 0.2) is 0 Å². The summed E-state index contributed by atoms with van der Waals surface area (Å²) in [5, 5.41) is 28.2. The Balaban J connectivity index is 1.25. The molecule has 3 aliphatic rings. The number of nitrogens with one attached hydrogen (secondary N) is 2. The van der Waals surface area contributed by atoms with E-state index in [2.05, 4.69) is 21.6 Å². The zero-order valence-electron chi connectivity index (χ0n) is 21.5. The fraction of sp³-hybridized carbons (Fsp3) is 0.323. The van der Waals surface area contributed by atoms with Crippen molar-refractivity contribution in [2.75, 3.05) is 41.8 Å². The predicted octanol–water partition coefficient (Wildman–Crippen LogP) is 4.25. The van der Waals surface area contributed by atoms with Crippen LogP contribution in [0.25, 0.3) is 0 Å². The fourth-order valence-electron chi connectivity index (χ4n) is 6.22. The Bertz CT molecular complexity index is 1470. The third-order valence-electron chi connectivity index (χ3n) is 8.28. The van der Waals surface area contributed by atoms with Crippen LogP contribution < -0.4 is 15.5 Å². The molecule has 8 nitrogen and oxygen atoms in total. The van der Waals surface area contributed by atoms with Crippen molar-refractivity contribution < 1.29 is 19.4 Å². The summed E-state index contributed by atoms with van der Waals surface area (Å²) < 4.78 is 5.31. The average Bonchev–Trinajstić information content (AvgIpc) is 3.50. The lowest BCUT2D eigenvalue weighted by Gasteiger charge is -2.43. The number of piperidine rings is 1. The number of benzene rings is 3. The van der Waals surface area contributed by atoms with Gasteiger partial charge in [-0.3, -0.25) is 9.59 Å². The lowest BCUT2D eigenvalue weighted by molar-refractivity contribution is -0.119. The van der Waals surface area contributed by atoms with Crippen LogP contribution in [-0.2, 0) is 15.1 Å². The molecule has 8 heteroatoms. The van der Waals surface area contributed by atoms with Gasteiger partial charge in [0.1, 0.15) is 11.7 Å². The number of aliphatic hydroxyl groups is 1. The van der Waals surface area contributed by atoms with Crippen LogP contribution >= 0.6 is 0 Å². The molecule has 2 fully saturated rings. The number of ether oxygens (including phenoxy) is 1. The van der Waals surface area contributed by atoms with Crippen LogP contribution in [0.3, 0.4) is 0 Å². The first-order chi connectivity index (χ1) is 19.0. The summed E-state index contributed by atoms with van der Waals surface area (Å²) in [7, 11) is 0. The number of nitriles is 1. The minimum absolute atomic E-state index is 0.0878. The van der Waals surface area contributed by atoms with Gasteiger partial charge in [0.25, 0.3) is 5.91 Å². The molecule has 2 saturated heterocycles. The number of rotatable bonds is 4. The van der Waals surface area contributed by atoms with Gasteiger partial charge < -0.3 is 25.4 Å². The van der Waals surface area contributed by atoms with Gasteiger partial charge in [-0.15, -0.1) is 0 Å². The Hall–Kier alpha value is -4.19. The molecule has 3 heterocycles. The van der Waals surface area contributed by atoms with Gasteiger partial charge in [0.2, 0.25) is 5.91 Å². The lowest BCUT2D eigenvalue weighted by Crippen LogP contribution is -2.44. The zero-order chi connectivity index (χ0) is 27.0. The molecule has 3 aromatic rings. The van der Waals surface area contributed by atoms with E-state index in [-0.39, 0.29) is 23.7 Å². The molecule has 0 saturated carbocycles. The highest BCUT2D eigenvalue weighted by Gasteiger charge is 2.46. The topological polar surface area (TPSA) is 115 Å². The monoisotopic (exact) mass is 522 g/mol. The van der Waals surface area contributed by atoms with Crippen molar-refractivity contribution in [1.29, 1.82) is 5.26 Å². The number of amides is 2. The van der Waals surface area contributed by atoms with Crippen molar-refractivity contribution in [3.8, 4) is 6.07 Å². The summed E-state index contributed by atoms with van der Waals surface area (Å²) in [5.74, 6) is -0.612. The summed E-state index contributed by atoms with van der Waals surface area (Å²) in [4.78, 5) is 27.7. The van der Waals surface area contributed by atoms with Crippen LogP contribution in [0.5, 0.6) is 0 Å². The Kier molecular flexibility index (Phi) is 6.55. The number of anilines is 3. The maximum atomic E-state index is 13.0. The number of para-hydroxylation sites is 1. The maximum Gasteiger partial charge on any atom is 0.256 e. The summed E-state index contributed by atoms with van der Waals surface area (Å²) in [5.41, 5.74) is 2.98. The summed E-state index contributed by atoms with van der Waals surface area (Å²) in [6.45, 7) is 2.29. The molecule has 0 spiro atoms. The van der Waals surface area contributed by atoms with Crippen molar-refractivity contribution >= 4 is 28.9 Å². The first-order valence-electron chi connectivity index (χ1n) is 13.4. The highest BCUT2D eigenvalue weighted by atomic mass is 16.5. The summed E-state index contributed by atoms with van der Waals surface area (Å²) in [6.07, 6.45) is 2.03. The van der Waals surface area contributed by atoms with Crippen LogP contribution in [0.15, 0.2) is 66.7 Å². The van der Waals surface area contributed by atoms with Crippen molar-refractivity contribution in [2.45, 2.75) is 24.9 Å². The molecule has 2 unspecified atom stereocenters. The van der Waals surface area contributed by atoms with Crippen molar-refractivity contribution in [2.24, 2.45) is 11.8 Å². The SMILES string of the molecule is N#Cc1cc(NC(=O)C2CCOC2)ccc1N1CCC(C2(O)c3ccccc3NC(=O)c3ccccc32)CC1. The average molecular weight is 523 g/mol. The van der Waals surface area contributed by atoms with Gasteiger partial charge >= 0.3 is 0 Å². The van der Waals surface area contributed by atoms with Gasteiger partial charge in [-0.05, 0) is 55.5 Å². The van der Waals surface area contributed by atoms with Gasteiger partial charge in [-0.1, -0.05) is 36.4 Å². The molecule has 0 bridgehead atoms. The number of carbonyl (C=O) groups is 2. The quantitative estimate of drug-likeness (QED) is 0.472. The molecule has 3 N–H and O–H groups in total. The molecular weight excluding hydrogens is 492 g/mol. The molecule has 0 radical (unpaired) electrons. The zero-order valence-corrected chi connectivity index (χ0v) is 21.5. The maximum absolute atomic E-state index is 13.0. The largest absolute Gasteiger partial charge is 0.381 e. The molecule has 0 aromatic heterocycles. The highest BCUT2D eigenvalue weighted by Crippen LogP contribution is 2.47. The van der Waals surface area contributed by atoms with Crippen molar-refractivity contribution in [1.82, 2.24) is 0 Å². The van der Waals surface area contributed by atoms with E-state index in [4.69, 9.17) is 4.74 Å². The minimum atomic E-state index is -1.34. The van der Waals surface area contributed by atoms with Gasteiger partial charge in [-0.25, -0.2) is 0 Å². The molecule has 2 atom stereocenters. The first kappa shape index (κ1) is 25.1. The molecule has 39 heavy (non-hydrogen) atoms. The third-order valence-corrected chi connectivity index (χ3v) is 8.28. The smallest absolute Gasteiger partial charge is 0.256 e. The summed E-state index contributed by atoms with van der Waals surface area (Å²) >= 11 is 0. The van der Waals surface area contributed by atoms with E-state index in [1.165, 1.54) is 0 Å². The minimum Gasteiger partial charge on any atom is -0.381 e. The molecule has 3 aliphatic heterocycles. The Morgan fingerprint density at radius 1 is 1.05 bits per heavy atom. The summed E-state index contributed by atoms with van der Waals surface area (Å²) in [6, 6.07) is 22.5. The van der Waals surface area contributed by atoms with E-state index in [1.807, 2.05) is 54.6 Å². The van der Waals surface area contributed by atoms with Crippen LogP contribution in [0.2, 0.25) is 0 Å². The van der Waals surface area contributed by atoms with Crippen molar-refractivity contribution in [3.63, 3.8) is 0 Å². The number of fused-ring (bicyclic) bond motifs is 2. The third kappa shape index (κ3) is 4.44. The number of carbonyl (C=O) groups excluding carboxylic acids is 2. The van der Waals surface area contributed by atoms with E-state index in [9.17, 15) is 20.0 Å². The van der Waals surface area contributed by atoms with Crippen LogP contribution in [0.4, 0.5) is 17.1 Å². The second kappa shape index (κ2) is 10.2. The number of hydrogen-bond acceptors (Lipinski definition) is 6. The normalized spacial score (nSPS) is 22.7. The molecule has 0 aliphatic carbocycles. The van der Waals surface area contributed by atoms with Gasteiger partial charge in [0.05, 0.1) is 23.8 Å². The molecule has 198 valence electrons. The Labute approximate surface area is 227 Å². The predicted molar refractivity (Wildman–Crippen MR) is 147 cm³/mol. The highest BCUT2D eigenvalue weighted by molar-refractivity contribution is 6.07. The van der Waals surface area contributed by atoms with E-state index in [0.29, 0.717) is 79.2 Å². The molecule has 3 aromatic carbocycles. The van der Waals surface area contributed by atoms with Gasteiger partial charge in [-0.2, -0.15) is 5.26 Å². The van der Waals surface area contributed by atoms with Crippen LogP contribution in [-0.4, -0.2) is 43.2 Å². The number of nitrogens with zero attached hydrogens (tertiary/aromatic N) is 2. The molecular formula is C31H30N4O4. The van der Waals surface area contributed by atoms with Crippen LogP contribution in [0, 0.1) is 23.2 Å². The Morgan fingerprint density at radius 2 is 1.79 bits per heavy atom. The van der Waals surface area contributed by atoms with Crippen molar-refractivity contribution in [3.05, 3.63) is 89.0 Å². The van der Waals surface area contributed by atoms with E-state index < -0.39 is 5.60 Å². The van der Waals surface area contributed by atoms with Crippen LogP contribution in [0.1, 0.15) is 46.3 Å². The van der Waals surface area contributed by atoms with E-state index >= 15 is 0 Å². The Morgan fingerprint density at radius 3 is 2.54 bits per heavy atom. The second-order valence-corrected chi connectivity index (χ2v) is 10.5. The molecule has 6 rings (SSSR count). The second-order valence-electron chi connectivity index (χ2n) is 10.5. The first-order valence-corrected chi connectivity index (χ1v) is 13.4. The van der Waals surface area contributed by atoms with E-state index in [1.54, 1.807) is 12.1 Å². The van der Waals surface area contributed by atoms with Gasteiger partial charge in [0, 0.05) is 47.8 Å².